The van der Waals surface area contributed by atoms with Gasteiger partial charge in [-0.15, -0.1) is 10.2 Å². The lowest BCUT2D eigenvalue weighted by atomic mass is 9.91. The molecule has 0 bridgehead atoms. The minimum Gasteiger partial charge on any atom is -0.507 e. The molecule has 4 aliphatic rings. The first-order chi connectivity index (χ1) is 22.1. The maximum absolute atomic E-state index is 12.5. The highest BCUT2D eigenvalue weighted by molar-refractivity contribution is 5.86. The molecule has 0 spiro atoms. The zero-order valence-corrected chi connectivity index (χ0v) is 28.0. The Labute approximate surface area is 273 Å². The number of amides is 1. The number of likely N-dealkylation sites (tertiary alicyclic amines) is 3. The minimum atomic E-state index is -0.438. The number of aromatic amines is 1. The van der Waals surface area contributed by atoms with Gasteiger partial charge < -0.3 is 29.5 Å². The number of phenolic OH excluding ortho intramolecular Hbond substituents is 1. The highest BCUT2D eigenvalue weighted by atomic mass is 16.6. The van der Waals surface area contributed by atoms with Crippen LogP contribution in [0.2, 0.25) is 0 Å². The number of rotatable bonds is 4. The fraction of sp³-hybridized carbons (Fsp3) is 0.639. The van der Waals surface area contributed by atoms with Crippen molar-refractivity contribution in [2.45, 2.75) is 102 Å². The predicted molar refractivity (Wildman–Crippen MR) is 180 cm³/mol. The number of carbonyl (C=O) groups is 1. The van der Waals surface area contributed by atoms with Crippen LogP contribution in [0.15, 0.2) is 30.3 Å². The van der Waals surface area contributed by atoms with Gasteiger partial charge in [0.05, 0.1) is 5.69 Å². The van der Waals surface area contributed by atoms with Crippen molar-refractivity contribution in [1.29, 1.82) is 0 Å². The number of para-hydroxylation sites is 1. The monoisotopic (exact) mass is 629 g/mol. The minimum absolute atomic E-state index is 0.165. The summed E-state index contributed by atoms with van der Waals surface area (Å²) in [5, 5.41) is 20.5. The fourth-order valence-electron chi connectivity index (χ4n) is 8.60. The molecule has 1 atom stereocenters. The van der Waals surface area contributed by atoms with E-state index in [1.54, 1.807) is 6.07 Å². The molecule has 3 saturated heterocycles. The Morgan fingerprint density at radius 2 is 1.48 bits per heavy atom. The second-order valence-corrected chi connectivity index (χ2v) is 14.9. The Kier molecular flexibility index (Phi) is 8.71. The van der Waals surface area contributed by atoms with Gasteiger partial charge in [0.2, 0.25) is 0 Å². The summed E-state index contributed by atoms with van der Waals surface area (Å²) in [5.41, 5.74) is 4.46. The average molecular weight is 630 g/mol. The van der Waals surface area contributed by atoms with Crippen molar-refractivity contribution in [3.05, 3.63) is 41.6 Å². The van der Waals surface area contributed by atoms with Crippen LogP contribution in [-0.2, 0) is 11.2 Å². The number of phenols is 1. The summed E-state index contributed by atoms with van der Waals surface area (Å²) >= 11 is 0. The third-order valence-electron chi connectivity index (χ3n) is 11.0. The molecule has 10 nitrogen and oxygen atoms in total. The van der Waals surface area contributed by atoms with Gasteiger partial charge >= 0.3 is 6.09 Å². The Morgan fingerprint density at radius 1 is 0.870 bits per heavy atom. The van der Waals surface area contributed by atoms with E-state index < -0.39 is 5.60 Å². The zero-order chi connectivity index (χ0) is 32.0. The lowest BCUT2D eigenvalue weighted by molar-refractivity contribution is 0.00611. The molecule has 2 N–H and O–H groups in total. The van der Waals surface area contributed by atoms with Crippen molar-refractivity contribution >= 4 is 17.1 Å². The van der Waals surface area contributed by atoms with Gasteiger partial charge in [0.15, 0.2) is 5.65 Å². The summed E-state index contributed by atoms with van der Waals surface area (Å²) in [6, 6.07) is 11.6. The number of hydrogen-bond acceptors (Lipinski definition) is 8. The van der Waals surface area contributed by atoms with E-state index in [0.717, 1.165) is 49.9 Å². The topological polar surface area (TPSA) is 101 Å². The lowest BCUT2D eigenvalue weighted by Crippen LogP contribution is -2.54. The second kappa shape index (κ2) is 12.8. The number of carbonyl (C=O) groups excluding carboxylic acids is 1. The standard InChI is InChI=1S/C36H51N7O3/c1-24-33-29-23-31(28-7-5-6-8-32(28)44)38-39-34(29)37-30(33)15-22-43(24)27-13-18-41(19-14-27)25-9-16-40(17-10-25)26-11-20-42(21-12-26)35(45)46-36(2,3)4/h5-8,23-27,44H,9-22H2,1-4H3,(H,37,39)/t24-/m0/s1. The molecule has 0 unspecified atom stereocenters. The molecule has 2 aromatic heterocycles. The molecule has 0 radical (unpaired) electrons. The molecule has 10 heteroatoms. The van der Waals surface area contributed by atoms with E-state index >= 15 is 0 Å². The number of nitrogens with one attached hydrogen (secondary N) is 1. The Morgan fingerprint density at radius 3 is 2.11 bits per heavy atom. The molecule has 1 amide bonds. The molecule has 0 aliphatic carbocycles. The molecule has 0 saturated carbocycles. The number of aromatic hydroxyl groups is 1. The van der Waals surface area contributed by atoms with Crippen molar-refractivity contribution in [2.24, 2.45) is 0 Å². The molecular formula is C36H51N7O3. The van der Waals surface area contributed by atoms with Crippen LogP contribution in [0.1, 0.15) is 83.5 Å². The van der Waals surface area contributed by atoms with Crippen LogP contribution in [0.25, 0.3) is 22.3 Å². The third-order valence-corrected chi connectivity index (χ3v) is 11.0. The third kappa shape index (κ3) is 6.36. The second-order valence-electron chi connectivity index (χ2n) is 14.9. The molecular weight excluding hydrogens is 578 g/mol. The summed E-state index contributed by atoms with van der Waals surface area (Å²) in [6.45, 7) is 15.5. The van der Waals surface area contributed by atoms with E-state index in [-0.39, 0.29) is 11.8 Å². The maximum Gasteiger partial charge on any atom is 0.410 e. The molecule has 7 rings (SSSR count). The summed E-state index contributed by atoms with van der Waals surface area (Å²) in [6.07, 6.45) is 7.85. The van der Waals surface area contributed by atoms with Gasteiger partial charge in [0.25, 0.3) is 0 Å². The normalized spacial score (nSPS) is 23.6. The average Bonchev–Trinajstić information content (AvgIpc) is 3.43. The van der Waals surface area contributed by atoms with E-state index in [2.05, 4.69) is 42.9 Å². The van der Waals surface area contributed by atoms with Crippen LogP contribution >= 0.6 is 0 Å². The number of aromatic nitrogens is 3. The summed E-state index contributed by atoms with van der Waals surface area (Å²) in [4.78, 5) is 26.1. The van der Waals surface area contributed by atoms with E-state index in [0.29, 0.717) is 35.4 Å². The van der Waals surface area contributed by atoms with Crippen LogP contribution in [0.4, 0.5) is 4.79 Å². The van der Waals surface area contributed by atoms with Crippen molar-refractivity contribution in [3.63, 3.8) is 0 Å². The quantitative estimate of drug-likeness (QED) is 0.386. The molecule has 248 valence electrons. The van der Waals surface area contributed by atoms with Crippen LogP contribution in [0, 0.1) is 0 Å². The first-order valence-electron chi connectivity index (χ1n) is 17.5. The van der Waals surface area contributed by atoms with Crippen LogP contribution in [0.3, 0.4) is 0 Å². The van der Waals surface area contributed by atoms with Gasteiger partial charge in [-0.1, -0.05) is 12.1 Å². The molecule has 1 aromatic carbocycles. The van der Waals surface area contributed by atoms with E-state index in [1.807, 2.05) is 43.9 Å². The highest BCUT2D eigenvalue weighted by Gasteiger charge is 2.37. The van der Waals surface area contributed by atoms with E-state index in [9.17, 15) is 9.90 Å². The van der Waals surface area contributed by atoms with E-state index in [1.165, 1.54) is 63.1 Å². The van der Waals surface area contributed by atoms with Gasteiger partial charge in [-0.3, -0.25) is 4.90 Å². The first kappa shape index (κ1) is 31.4. The molecule has 46 heavy (non-hydrogen) atoms. The van der Waals surface area contributed by atoms with Crippen LogP contribution in [0.5, 0.6) is 5.75 Å². The lowest BCUT2D eigenvalue weighted by Gasteiger charge is -2.47. The molecule has 3 fully saturated rings. The fourth-order valence-corrected chi connectivity index (χ4v) is 8.60. The van der Waals surface area contributed by atoms with Gasteiger partial charge in [-0.2, -0.15) is 0 Å². The number of H-pyrrole nitrogens is 1. The first-order valence-corrected chi connectivity index (χ1v) is 17.5. The van der Waals surface area contributed by atoms with Gasteiger partial charge in [0, 0.05) is 66.9 Å². The zero-order valence-electron chi connectivity index (χ0n) is 28.0. The van der Waals surface area contributed by atoms with Crippen molar-refractivity contribution in [2.75, 3.05) is 45.8 Å². The number of hydrogen-bond donors (Lipinski definition) is 2. The van der Waals surface area contributed by atoms with Crippen LogP contribution in [-0.4, -0.2) is 116 Å². The highest BCUT2D eigenvalue weighted by Crippen LogP contribution is 2.39. The SMILES string of the molecule is C[C@H]1c2c([nH]c3nnc(-c4ccccc4O)cc23)CCN1C1CCN(C2CCN(C3CCN(C(=O)OC(C)(C)C)CC3)CC2)CC1. The number of ether oxygens (including phenoxy) is 1. The van der Waals surface area contributed by atoms with Crippen molar-refractivity contribution < 1.29 is 14.6 Å². The van der Waals surface area contributed by atoms with Crippen molar-refractivity contribution in [3.8, 4) is 17.0 Å². The van der Waals surface area contributed by atoms with Gasteiger partial charge in [-0.05, 0) is 116 Å². The number of piperidine rings is 3. The van der Waals surface area contributed by atoms with E-state index in [4.69, 9.17) is 4.74 Å². The van der Waals surface area contributed by atoms with Gasteiger partial charge in [0.1, 0.15) is 11.4 Å². The Hall–Kier alpha value is -3.21. The van der Waals surface area contributed by atoms with Crippen LogP contribution < -0.4 is 0 Å². The number of nitrogens with zero attached hydrogens (tertiary/aromatic N) is 6. The summed E-state index contributed by atoms with van der Waals surface area (Å²) in [5.74, 6) is 0.230. The van der Waals surface area contributed by atoms with Crippen molar-refractivity contribution in [1.82, 2.24) is 34.8 Å². The Balaban J connectivity index is 0.917. The largest absolute Gasteiger partial charge is 0.507 e. The maximum atomic E-state index is 12.5. The predicted octanol–water partition coefficient (Wildman–Crippen LogP) is 5.58. The molecule has 6 heterocycles. The summed E-state index contributed by atoms with van der Waals surface area (Å²) < 4.78 is 5.59. The number of fused-ring (bicyclic) bond motifs is 3. The summed E-state index contributed by atoms with van der Waals surface area (Å²) in [7, 11) is 0. The van der Waals surface area contributed by atoms with Gasteiger partial charge in [-0.25, -0.2) is 4.79 Å². The number of benzene rings is 1. The molecule has 3 aromatic rings. The molecule has 4 aliphatic heterocycles. The Bertz CT molecular complexity index is 1530. The smallest absolute Gasteiger partial charge is 0.410 e.